The van der Waals surface area contributed by atoms with E-state index in [-0.39, 0.29) is 5.75 Å². The normalized spacial score (nSPS) is 11.9. The third-order valence-corrected chi connectivity index (χ3v) is 4.33. The topological polar surface area (TPSA) is 85.1 Å². The molecule has 0 unspecified atom stereocenters. The van der Waals surface area contributed by atoms with E-state index in [2.05, 4.69) is 10.3 Å². The van der Waals surface area contributed by atoms with Crippen LogP contribution in [0, 0.1) is 6.92 Å². The molecule has 2 aromatic rings. The number of nitrogens with zero attached hydrogens (tertiary/aromatic N) is 1. The largest absolute Gasteiger partial charge is 0.397 e. The number of nitrogen functional groups attached to an aromatic ring is 1. The summed E-state index contributed by atoms with van der Waals surface area (Å²) in [4.78, 5) is 4.38. The highest BCUT2D eigenvalue weighted by Gasteiger charge is 2.07. The number of benzene rings is 1. The van der Waals surface area contributed by atoms with E-state index in [9.17, 15) is 8.42 Å². The number of aromatic nitrogens is 1. The van der Waals surface area contributed by atoms with Gasteiger partial charge in [-0.15, -0.1) is 11.3 Å². The highest BCUT2D eigenvalue weighted by atomic mass is 32.2. The van der Waals surface area contributed by atoms with Crippen molar-refractivity contribution in [1.82, 2.24) is 4.98 Å². The smallest absolute Gasteiger partial charge is 0.149 e. The van der Waals surface area contributed by atoms with Crippen LogP contribution in [0.15, 0.2) is 12.1 Å². The molecule has 0 aliphatic rings. The number of nitrogens with one attached hydrogen (secondary N) is 1. The zero-order chi connectivity index (χ0) is 13.3. The molecule has 18 heavy (non-hydrogen) atoms. The summed E-state index contributed by atoms with van der Waals surface area (Å²) in [5.41, 5.74) is 8.14. The van der Waals surface area contributed by atoms with Gasteiger partial charge in [0.1, 0.15) is 9.84 Å². The molecular weight excluding hydrogens is 270 g/mol. The van der Waals surface area contributed by atoms with Crippen LogP contribution in [0.25, 0.3) is 10.2 Å². The van der Waals surface area contributed by atoms with Crippen LogP contribution in [0.2, 0.25) is 0 Å². The van der Waals surface area contributed by atoms with E-state index in [0.29, 0.717) is 12.2 Å². The maximum atomic E-state index is 11.0. The minimum atomic E-state index is -2.96. The van der Waals surface area contributed by atoms with Crippen molar-refractivity contribution in [3.8, 4) is 0 Å². The van der Waals surface area contributed by atoms with Gasteiger partial charge < -0.3 is 11.1 Å². The fraction of sp³-hybridized carbons (Fsp3) is 0.364. The molecule has 98 valence electrons. The van der Waals surface area contributed by atoms with Crippen LogP contribution >= 0.6 is 11.3 Å². The minimum absolute atomic E-state index is 0.0839. The van der Waals surface area contributed by atoms with Crippen molar-refractivity contribution in [3.05, 3.63) is 17.1 Å². The molecule has 3 N–H and O–H groups in total. The van der Waals surface area contributed by atoms with Crippen molar-refractivity contribution < 1.29 is 8.42 Å². The molecule has 2 rings (SSSR count). The number of nitrogens with two attached hydrogens (primary N) is 1. The molecule has 0 radical (unpaired) electrons. The second-order valence-corrected chi connectivity index (χ2v) is 7.69. The van der Waals surface area contributed by atoms with Gasteiger partial charge in [-0.05, 0) is 19.1 Å². The Kier molecular flexibility index (Phi) is 3.45. The van der Waals surface area contributed by atoms with Crippen LogP contribution in [0.4, 0.5) is 11.4 Å². The van der Waals surface area contributed by atoms with Crippen molar-refractivity contribution in [2.24, 2.45) is 0 Å². The molecule has 0 saturated heterocycles. The molecule has 0 bridgehead atoms. The van der Waals surface area contributed by atoms with Crippen LogP contribution in [-0.2, 0) is 9.84 Å². The highest BCUT2D eigenvalue weighted by Crippen LogP contribution is 2.29. The Morgan fingerprint density at radius 3 is 2.83 bits per heavy atom. The van der Waals surface area contributed by atoms with Crippen molar-refractivity contribution in [2.75, 3.05) is 29.6 Å². The van der Waals surface area contributed by atoms with Crippen LogP contribution in [-0.4, -0.2) is 32.0 Å². The van der Waals surface area contributed by atoms with Crippen LogP contribution in [0.3, 0.4) is 0 Å². The number of anilines is 2. The van der Waals surface area contributed by atoms with E-state index in [1.807, 2.05) is 19.1 Å². The summed E-state index contributed by atoms with van der Waals surface area (Å²) in [5.74, 6) is 0.0839. The molecule has 0 fully saturated rings. The maximum Gasteiger partial charge on any atom is 0.149 e. The van der Waals surface area contributed by atoms with Crippen LogP contribution in [0.5, 0.6) is 0 Å². The summed E-state index contributed by atoms with van der Waals surface area (Å²) in [7, 11) is -2.96. The molecule has 0 amide bonds. The number of thiazole rings is 1. The third kappa shape index (κ3) is 3.11. The van der Waals surface area contributed by atoms with Gasteiger partial charge in [0, 0.05) is 12.8 Å². The molecule has 0 atom stereocenters. The monoisotopic (exact) mass is 285 g/mol. The van der Waals surface area contributed by atoms with Crippen LogP contribution < -0.4 is 11.1 Å². The lowest BCUT2D eigenvalue weighted by Crippen LogP contribution is -2.14. The number of fused-ring (bicyclic) bond motifs is 1. The average Bonchev–Trinajstić information content (AvgIpc) is 2.55. The number of sulfone groups is 1. The van der Waals surface area contributed by atoms with Crippen molar-refractivity contribution >= 4 is 42.8 Å². The standard InChI is InChI=1S/C11H15N3O2S2/c1-7-14-10-6-9(8(12)5-11(10)17-7)13-3-4-18(2,15)16/h5-6,13H,3-4,12H2,1-2H3. The summed E-state index contributed by atoms with van der Waals surface area (Å²) >= 11 is 1.59. The predicted octanol–water partition coefficient (Wildman–Crippen LogP) is 1.64. The van der Waals surface area contributed by atoms with Crippen molar-refractivity contribution in [3.63, 3.8) is 0 Å². The zero-order valence-corrected chi connectivity index (χ0v) is 11.9. The second-order valence-electron chi connectivity index (χ2n) is 4.20. The number of hydrogen-bond acceptors (Lipinski definition) is 6. The second kappa shape index (κ2) is 4.74. The van der Waals surface area contributed by atoms with Crippen molar-refractivity contribution in [2.45, 2.75) is 6.92 Å². The Labute approximate surface area is 110 Å². The number of aryl methyl sites for hydroxylation is 1. The molecule has 5 nitrogen and oxygen atoms in total. The van der Waals surface area contributed by atoms with Gasteiger partial charge >= 0.3 is 0 Å². The number of hydrogen-bond donors (Lipinski definition) is 2. The van der Waals surface area contributed by atoms with Gasteiger partial charge in [-0.25, -0.2) is 13.4 Å². The summed E-state index contributed by atoms with van der Waals surface area (Å²) < 4.78 is 23.1. The molecule has 0 saturated carbocycles. The predicted molar refractivity (Wildman–Crippen MR) is 77.0 cm³/mol. The highest BCUT2D eigenvalue weighted by molar-refractivity contribution is 7.90. The lowest BCUT2D eigenvalue weighted by Gasteiger charge is -2.08. The van der Waals surface area contributed by atoms with Gasteiger partial charge in [0.05, 0.1) is 32.4 Å². The van der Waals surface area contributed by atoms with E-state index < -0.39 is 9.84 Å². The lowest BCUT2D eigenvalue weighted by molar-refractivity contribution is 0.602. The Hall–Kier alpha value is -1.34. The quantitative estimate of drug-likeness (QED) is 0.834. The first kappa shape index (κ1) is 13.1. The van der Waals surface area contributed by atoms with E-state index in [1.165, 1.54) is 6.26 Å². The molecule has 0 aliphatic carbocycles. The third-order valence-electron chi connectivity index (χ3n) is 2.45. The first-order valence-corrected chi connectivity index (χ1v) is 8.31. The van der Waals surface area contributed by atoms with E-state index >= 15 is 0 Å². The van der Waals surface area contributed by atoms with Gasteiger partial charge in [-0.1, -0.05) is 0 Å². The van der Waals surface area contributed by atoms with Crippen LogP contribution in [0.1, 0.15) is 5.01 Å². The molecule has 1 heterocycles. The Bertz CT molecular complexity index is 677. The molecule has 0 aliphatic heterocycles. The van der Waals surface area contributed by atoms with E-state index in [0.717, 1.165) is 20.9 Å². The summed E-state index contributed by atoms with van der Waals surface area (Å²) in [6.07, 6.45) is 1.21. The first-order valence-electron chi connectivity index (χ1n) is 5.43. The SMILES string of the molecule is Cc1nc2cc(NCCS(C)(=O)=O)c(N)cc2s1. The van der Waals surface area contributed by atoms with Crippen molar-refractivity contribution in [1.29, 1.82) is 0 Å². The number of rotatable bonds is 4. The first-order chi connectivity index (χ1) is 8.35. The summed E-state index contributed by atoms with van der Waals surface area (Å²) in [6.45, 7) is 2.29. The summed E-state index contributed by atoms with van der Waals surface area (Å²) in [5, 5.41) is 4.02. The molecular formula is C11H15N3O2S2. The molecule has 1 aromatic carbocycles. The molecule has 1 aromatic heterocycles. The molecule has 0 spiro atoms. The zero-order valence-electron chi connectivity index (χ0n) is 10.2. The fourth-order valence-corrected chi connectivity index (χ4v) is 2.96. The average molecular weight is 285 g/mol. The Morgan fingerprint density at radius 1 is 1.44 bits per heavy atom. The van der Waals surface area contributed by atoms with Gasteiger partial charge in [-0.2, -0.15) is 0 Å². The lowest BCUT2D eigenvalue weighted by atomic mass is 10.2. The maximum absolute atomic E-state index is 11.0. The Balaban J connectivity index is 2.20. The fourth-order valence-electron chi connectivity index (χ4n) is 1.63. The van der Waals surface area contributed by atoms with E-state index in [1.54, 1.807) is 11.3 Å². The summed E-state index contributed by atoms with van der Waals surface area (Å²) in [6, 6.07) is 3.72. The molecule has 7 heteroatoms. The Morgan fingerprint density at radius 2 is 2.17 bits per heavy atom. The van der Waals surface area contributed by atoms with Gasteiger partial charge in [-0.3, -0.25) is 0 Å². The van der Waals surface area contributed by atoms with Gasteiger partial charge in [0.15, 0.2) is 0 Å². The van der Waals surface area contributed by atoms with E-state index in [4.69, 9.17) is 5.73 Å². The van der Waals surface area contributed by atoms with Gasteiger partial charge in [0.2, 0.25) is 0 Å². The minimum Gasteiger partial charge on any atom is -0.397 e. The van der Waals surface area contributed by atoms with Gasteiger partial charge in [0.25, 0.3) is 0 Å².